The van der Waals surface area contributed by atoms with Crippen molar-refractivity contribution in [3.8, 4) is 0 Å². The summed E-state index contributed by atoms with van der Waals surface area (Å²) in [4.78, 5) is 12.1. The Bertz CT molecular complexity index is 439. The molecule has 0 aliphatic carbocycles. The van der Waals surface area contributed by atoms with Crippen LogP contribution < -0.4 is 0 Å². The predicted octanol–water partition coefficient (Wildman–Crippen LogP) is 3.71. The summed E-state index contributed by atoms with van der Waals surface area (Å²) in [5.41, 5.74) is 2.11. The fraction of sp³-hybridized carbons (Fsp3) is 0.133. The topological polar surface area (TPSA) is 17.1 Å². The zero-order chi connectivity index (χ0) is 12.1. The predicted molar refractivity (Wildman–Crippen MR) is 73.2 cm³/mol. The quantitative estimate of drug-likeness (QED) is 0.816. The van der Waals surface area contributed by atoms with Gasteiger partial charge in [0.1, 0.15) is 0 Å². The van der Waals surface area contributed by atoms with E-state index in [1.807, 2.05) is 66.9 Å². The monoisotopic (exact) mass is 242 g/mol. The molecule has 1 nitrogen and oxygen atoms in total. The maximum absolute atomic E-state index is 12.1. The van der Waals surface area contributed by atoms with Crippen molar-refractivity contribution in [3.05, 3.63) is 71.8 Å². The molecule has 0 bridgehead atoms. The molecule has 2 heteroatoms. The number of hydrogen-bond donors (Lipinski definition) is 0. The minimum Gasteiger partial charge on any atom is -0.286 e. The highest BCUT2D eigenvalue weighted by Crippen LogP contribution is 2.28. The van der Waals surface area contributed by atoms with Crippen LogP contribution in [0.2, 0.25) is 0 Å². The van der Waals surface area contributed by atoms with Crippen molar-refractivity contribution in [2.24, 2.45) is 0 Å². The molecule has 0 saturated heterocycles. The standard InChI is InChI=1S/C15H14OS/c1-17-15(16)14(12-8-4-2-5-9-12)13-10-6-3-7-11-13/h2-11,14H,1H3. The Morgan fingerprint density at radius 1 is 0.882 bits per heavy atom. The maximum atomic E-state index is 12.1. The van der Waals surface area contributed by atoms with Crippen LogP contribution >= 0.6 is 11.8 Å². The molecule has 0 aliphatic heterocycles. The van der Waals surface area contributed by atoms with Crippen LogP contribution in [0.3, 0.4) is 0 Å². The molecule has 17 heavy (non-hydrogen) atoms. The number of carbonyl (C=O) groups is 1. The highest BCUT2D eigenvalue weighted by atomic mass is 32.2. The van der Waals surface area contributed by atoms with Gasteiger partial charge in [0.15, 0.2) is 0 Å². The van der Waals surface area contributed by atoms with Gasteiger partial charge in [0.2, 0.25) is 5.12 Å². The van der Waals surface area contributed by atoms with E-state index < -0.39 is 0 Å². The van der Waals surface area contributed by atoms with Crippen molar-refractivity contribution in [2.45, 2.75) is 5.92 Å². The lowest BCUT2D eigenvalue weighted by molar-refractivity contribution is -0.111. The Balaban J connectivity index is 2.43. The second kappa shape index (κ2) is 5.69. The van der Waals surface area contributed by atoms with Crippen LogP contribution in [0, 0.1) is 0 Å². The fourth-order valence-electron chi connectivity index (χ4n) is 1.87. The first-order chi connectivity index (χ1) is 8.33. The molecule has 0 aliphatic rings. The molecular weight excluding hydrogens is 228 g/mol. The molecule has 2 rings (SSSR count). The van der Waals surface area contributed by atoms with Gasteiger partial charge in [0.05, 0.1) is 5.92 Å². The van der Waals surface area contributed by atoms with Crippen LogP contribution in [0.1, 0.15) is 17.0 Å². The molecule has 2 aromatic rings. The van der Waals surface area contributed by atoms with Crippen LogP contribution in [-0.4, -0.2) is 11.4 Å². The van der Waals surface area contributed by atoms with Gasteiger partial charge < -0.3 is 0 Å². The number of carbonyl (C=O) groups excluding carboxylic acids is 1. The molecule has 0 aromatic heterocycles. The first kappa shape index (κ1) is 11.9. The highest BCUT2D eigenvalue weighted by molar-refractivity contribution is 8.13. The van der Waals surface area contributed by atoms with E-state index in [9.17, 15) is 4.79 Å². The van der Waals surface area contributed by atoms with E-state index in [0.29, 0.717) is 0 Å². The van der Waals surface area contributed by atoms with E-state index in [4.69, 9.17) is 0 Å². The van der Waals surface area contributed by atoms with E-state index in [-0.39, 0.29) is 11.0 Å². The van der Waals surface area contributed by atoms with Gasteiger partial charge in [-0.2, -0.15) is 0 Å². The van der Waals surface area contributed by atoms with Gasteiger partial charge in [0, 0.05) is 0 Å². The average molecular weight is 242 g/mol. The largest absolute Gasteiger partial charge is 0.286 e. The summed E-state index contributed by atoms with van der Waals surface area (Å²) in [6.07, 6.45) is 1.83. The Labute approximate surface area is 106 Å². The van der Waals surface area contributed by atoms with Crippen LogP contribution in [0.15, 0.2) is 60.7 Å². The van der Waals surface area contributed by atoms with Gasteiger partial charge in [0.25, 0.3) is 0 Å². The third-order valence-corrected chi connectivity index (χ3v) is 3.34. The lowest BCUT2D eigenvalue weighted by atomic mass is 9.92. The van der Waals surface area contributed by atoms with Gasteiger partial charge >= 0.3 is 0 Å². The van der Waals surface area contributed by atoms with Crippen molar-refractivity contribution in [3.63, 3.8) is 0 Å². The van der Waals surface area contributed by atoms with Gasteiger partial charge in [-0.25, -0.2) is 0 Å². The molecule has 2 aromatic carbocycles. The van der Waals surface area contributed by atoms with Crippen molar-refractivity contribution in [1.29, 1.82) is 0 Å². The molecule has 0 N–H and O–H groups in total. The molecule has 0 spiro atoms. The van der Waals surface area contributed by atoms with Crippen molar-refractivity contribution < 1.29 is 4.79 Å². The van der Waals surface area contributed by atoms with E-state index in [2.05, 4.69) is 0 Å². The lowest BCUT2D eigenvalue weighted by Crippen LogP contribution is -2.10. The fourth-order valence-corrected chi connectivity index (χ4v) is 2.38. The average Bonchev–Trinajstić information content (AvgIpc) is 2.41. The third kappa shape index (κ3) is 2.77. The molecule has 0 fully saturated rings. The molecule has 86 valence electrons. The Kier molecular flexibility index (Phi) is 3.99. The van der Waals surface area contributed by atoms with Gasteiger partial charge in [-0.05, 0) is 17.4 Å². The summed E-state index contributed by atoms with van der Waals surface area (Å²) in [6, 6.07) is 19.8. The van der Waals surface area contributed by atoms with Gasteiger partial charge in [-0.3, -0.25) is 4.79 Å². The Morgan fingerprint density at radius 2 is 1.29 bits per heavy atom. The minimum absolute atomic E-state index is 0.160. The molecule has 0 radical (unpaired) electrons. The summed E-state index contributed by atoms with van der Waals surface area (Å²) in [7, 11) is 0. The van der Waals surface area contributed by atoms with Crippen LogP contribution in [0.5, 0.6) is 0 Å². The molecule has 0 unspecified atom stereocenters. The smallest absolute Gasteiger partial charge is 0.200 e. The Morgan fingerprint density at radius 3 is 1.65 bits per heavy atom. The number of benzene rings is 2. The normalized spacial score (nSPS) is 10.5. The molecule has 0 amide bonds. The van der Waals surface area contributed by atoms with E-state index in [1.165, 1.54) is 11.8 Å². The van der Waals surface area contributed by atoms with Crippen LogP contribution in [-0.2, 0) is 4.79 Å². The van der Waals surface area contributed by atoms with E-state index in [0.717, 1.165) is 11.1 Å². The molecule has 0 saturated carbocycles. The number of hydrogen-bond acceptors (Lipinski definition) is 2. The van der Waals surface area contributed by atoms with E-state index in [1.54, 1.807) is 0 Å². The lowest BCUT2D eigenvalue weighted by Gasteiger charge is -2.15. The van der Waals surface area contributed by atoms with Gasteiger partial charge in [-0.1, -0.05) is 72.4 Å². The summed E-state index contributed by atoms with van der Waals surface area (Å²) in [5, 5.41) is 0.183. The second-order valence-electron chi connectivity index (χ2n) is 3.78. The maximum Gasteiger partial charge on any atom is 0.200 e. The SMILES string of the molecule is CSC(=O)C(c1ccccc1)c1ccccc1. The van der Waals surface area contributed by atoms with Crippen molar-refractivity contribution >= 4 is 16.9 Å². The minimum atomic E-state index is -0.160. The summed E-state index contributed by atoms with van der Waals surface area (Å²) in [6.45, 7) is 0. The summed E-state index contributed by atoms with van der Waals surface area (Å²) < 4.78 is 0. The van der Waals surface area contributed by atoms with Gasteiger partial charge in [-0.15, -0.1) is 0 Å². The first-order valence-corrected chi connectivity index (χ1v) is 6.73. The van der Waals surface area contributed by atoms with E-state index >= 15 is 0 Å². The zero-order valence-electron chi connectivity index (χ0n) is 9.67. The van der Waals surface area contributed by atoms with Crippen LogP contribution in [0.4, 0.5) is 0 Å². The van der Waals surface area contributed by atoms with Crippen molar-refractivity contribution in [2.75, 3.05) is 6.26 Å². The molecular formula is C15H14OS. The zero-order valence-corrected chi connectivity index (χ0v) is 10.5. The first-order valence-electron chi connectivity index (χ1n) is 5.50. The molecule has 0 atom stereocenters. The summed E-state index contributed by atoms with van der Waals surface area (Å²) in [5.74, 6) is -0.160. The van der Waals surface area contributed by atoms with Crippen molar-refractivity contribution in [1.82, 2.24) is 0 Å². The van der Waals surface area contributed by atoms with Crippen LogP contribution in [0.25, 0.3) is 0 Å². The third-order valence-electron chi connectivity index (χ3n) is 2.70. The number of rotatable bonds is 3. The number of thioether (sulfide) groups is 1. The second-order valence-corrected chi connectivity index (χ2v) is 4.59. The molecule has 0 heterocycles. The summed E-state index contributed by atoms with van der Waals surface area (Å²) >= 11 is 1.28. The highest BCUT2D eigenvalue weighted by Gasteiger charge is 2.21. The Hall–Kier alpha value is -1.54.